The molecule has 2 amide bonds. The third-order valence-corrected chi connectivity index (χ3v) is 4.02. The van der Waals surface area contributed by atoms with E-state index >= 15 is 0 Å². The lowest BCUT2D eigenvalue weighted by Crippen LogP contribution is -2.27. The third-order valence-electron chi connectivity index (χ3n) is 4.02. The van der Waals surface area contributed by atoms with Gasteiger partial charge < -0.3 is 5.32 Å². The number of amides is 2. The van der Waals surface area contributed by atoms with Gasteiger partial charge >= 0.3 is 6.03 Å². The van der Waals surface area contributed by atoms with Crippen LogP contribution in [0.5, 0.6) is 0 Å². The van der Waals surface area contributed by atoms with Gasteiger partial charge in [0, 0.05) is 11.1 Å². The van der Waals surface area contributed by atoms with Crippen molar-refractivity contribution in [2.45, 2.75) is 6.92 Å². The minimum absolute atomic E-state index is 0.222. The molecule has 24 heavy (non-hydrogen) atoms. The van der Waals surface area contributed by atoms with Crippen molar-refractivity contribution in [1.29, 1.82) is 0 Å². The number of urea groups is 1. The van der Waals surface area contributed by atoms with Crippen molar-refractivity contribution in [3.63, 3.8) is 0 Å². The van der Waals surface area contributed by atoms with Crippen LogP contribution in [0.15, 0.2) is 64.5 Å². The molecule has 1 aliphatic rings. The second kappa shape index (κ2) is 5.34. The van der Waals surface area contributed by atoms with Gasteiger partial charge in [0.1, 0.15) is 0 Å². The molecular weight excluding hydrogens is 304 g/mol. The average molecular weight is 318 g/mol. The molecule has 118 valence electrons. The highest BCUT2D eigenvalue weighted by Gasteiger charge is 2.23. The number of nitrogens with one attached hydrogen (secondary N) is 2. The van der Waals surface area contributed by atoms with Gasteiger partial charge in [-0.1, -0.05) is 36.4 Å². The lowest BCUT2D eigenvalue weighted by molar-refractivity contribution is 0.252. The molecule has 1 aliphatic heterocycles. The Morgan fingerprint density at radius 2 is 1.67 bits per heavy atom. The van der Waals surface area contributed by atoms with Crippen LogP contribution in [-0.2, 0) is 0 Å². The standard InChI is InChI=1S/C18H14N4O2/c1-11-15-16(19-18(24)21-20-11)13-9-5-6-10-14(13)22(17(15)23)12-7-3-2-4-8-12/h2-10H,1H3,(H2,19,21,24). The molecule has 0 atom stereocenters. The zero-order valence-corrected chi connectivity index (χ0v) is 12.9. The molecule has 4 rings (SSSR count). The number of carbonyl (C=O) groups excluding carboxylic acids is 1. The predicted molar refractivity (Wildman–Crippen MR) is 93.9 cm³/mol. The van der Waals surface area contributed by atoms with E-state index in [4.69, 9.17) is 0 Å². The minimum atomic E-state index is -0.463. The first-order valence-corrected chi connectivity index (χ1v) is 7.51. The van der Waals surface area contributed by atoms with Crippen LogP contribution in [-0.4, -0.2) is 16.3 Å². The fourth-order valence-electron chi connectivity index (χ4n) is 2.97. The molecule has 0 spiro atoms. The van der Waals surface area contributed by atoms with Gasteiger partial charge in [0.15, 0.2) is 0 Å². The maximum atomic E-state index is 13.2. The van der Waals surface area contributed by atoms with Gasteiger partial charge in [0.2, 0.25) is 0 Å². The van der Waals surface area contributed by atoms with E-state index in [-0.39, 0.29) is 5.56 Å². The molecular formula is C18H14N4O2. The molecule has 3 aromatic rings. The van der Waals surface area contributed by atoms with Crippen molar-refractivity contribution in [3.05, 3.63) is 70.5 Å². The number of fused-ring (bicyclic) bond motifs is 3. The number of nitrogens with zero attached hydrogens (tertiary/aromatic N) is 2. The van der Waals surface area contributed by atoms with Crippen LogP contribution in [0, 0.1) is 0 Å². The summed E-state index contributed by atoms with van der Waals surface area (Å²) in [7, 11) is 0. The second-order valence-corrected chi connectivity index (χ2v) is 5.51. The smallest absolute Gasteiger partial charge is 0.305 e. The van der Waals surface area contributed by atoms with Gasteiger partial charge in [-0.2, -0.15) is 5.10 Å². The number of aromatic nitrogens is 1. The van der Waals surface area contributed by atoms with Crippen molar-refractivity contribution in [2.75, 3.05) is 5.32 Å². The number of hydrogen-bond acceptors (Lipinski definition) is 3. The summed E-state index contributed by atoms with van der Waals surface area (Å²) in [5.41, 5.74) is 4.98. The maximum absolute atomic E-state index is 13.2. The van der Waals surface area contributed by atoms with Crippen molar-refractivity contribution in [1.82, 2.24) is 9.99 Å². The Kier molecular flexibility index (Phi) is 3.16. The normalized spacial score (nSPS) is 13.5. The summed E-state index contributed by atoms with van der Waals surface area (Å²) in [6.45, 7) is 1.71. The lowest BCUT2D eigenvalue weighted by atomic mass is 10.0. The molecule has 0 saturated carbocycles. The lowest BCUT2D eigenvalue weighted by Gasteiger charge is -2.16. The fourth-order valence-corrected chi connectivity index (χ4v) is 2.97. The van der Waals surface area contributed by atoms with E-state index in [0.29, 0.717) is 17.0 Å². The van der Waals surface area contributed by atoms with Gasteiger partial charge in [-0.15, -0.1) is 0 Å². The van der Waals surface area contributed by atoms with Crippen LogP contribution in [0.1, 0.15) is 12.5 Å². The first-order chi connectivity index (χ1) is 11.7. The summed E-state index contributed by atoms with van der Waals surface area (Å²) < 4.78 is 1.64. The van der Waals surface area contributed by atoms with Gasteiger partial charge in [-0.05, 0) is 25.1 Å². The highest BCUT2D eigenvalue weighted by molar-refractivity contribution is 6.14. The summed E-state index contributed by atoms with van der Waals surface area (Å²) in [5, 5.41) is 7.51. The van der Waals surface area contributed by atoms with E-state index < -0.39 is 6.03 Å². The van der Waals surface area contributed by atoms with Crippen LogP contribution in [0.3, 0.4) is 0 Å². The van der Waals surface area contributed by atoms with Crippen LogP contribution < -0.4 is 16.3 Å². The number of carbonyl (C=O) groups is 1. The Labute approximate surface area is 137 Å². The molecule has 0 saturated heterocycles. The summed E-state index contributed by atoms with van der Waals surface area (Å²) in [6, 6.07) is 16.4. The highest BCUT2D eigenvalue weighted by Crippen LogP contribution is 2.28. The molecule has 0 bridgehead atoms. The van der Waals surface area contributed by atoms with E-state index in [0.717, 1.165) is 16.6 Å². The molecule has 2 N–H and O–H groups in total. The van der Waals surface area contributed by atoms with Crippen molar-refractivity contribution >= 4 is 28.3 Å². The Morgan fingerprint density at radius 1 is 0.958 bits per heavy atom. The SMILES string of the molecule is CC1=NNC(=O)Nc2c1c(=O)n(-c1ccccc1)c1ccccc21. The summed E-state index contributed by atoms with van der Waals surface area (Å²) in [5.74, 6) is 0. The van der Waals surface area contributed by atoms with E-state index in [1.807, 2.05) is 54.6 Å². The second-order valence-electron chi connectivity index (χ2n) is 5.51. The summed E-state index contributed by atoms with van der Waals surface area (Å²) >= 11 is 0. The van der Waals surface area contributed by atoms with Crippen molar-refractivity contribution < 1.29 is 4.79 Å². The molecule has 0 fully saturated rings. The van der Waals surface area contributed by atoms with Gasteiger partial charge in [-0.3, -0.25) is 9.36 Å². The maximum Gasteiger partial charge on any atom is 0.339 e. The molecule has 2 heterocycles. The van der Waals surface area contributed by atoms with E-state index in [9.17, 15) is 9.59 Å². The molecule has 1 aromatic heterocycles. The number of pyridine rings is 1. The zero-order chi connectivity index (χ0) is 16.7. The van der Waals surface area contributed by atoms with Crippen LogP contribution >= 0.6 is 0 Å². The monoisotopic (exact) mass is 318 g/mol. The molecule has 6 heteroatoms. The van der Waals surface area contributed by atoms with E-state index in [1.165, 1.54) is 0 Å². The first-order valence-electron chi connectivity index (χ1n) is 7.51. The number of para-hydroxylation sites is 2. The Morgan fingerprint density at radius 3 is 2.46 bits per heavy atom. The topological polar surface area (TPSA) is 75.5 Å². The highest BCUT2D eigenvalue weighted by atomic mass is 16.2. The molecule has 6 nitrogen and oxygen atoms in total. The quantitative estimate of drug-likeness (QED) is 0.724. The molecule has 0 unspecified atom stereocenters. The number of rotatable bonds is 1. The van der Waals surface area contributed by atoms with Gasteiger partial charge in [0.05, 0.1) is 22.5 Å². The minimum Gasteiger partial charge on any atom is -0.305 e. The largest absolute Gasteiger partial charge is 0.339 e. The number of hydrazone groups is 1. The van der Waals surface area contributed by atoms with E-state index in [2.05, 4.69) is 15.8 Å². The molecule has 0 radical (unpaired) electrons. The number of benzene rings is 2. The Bertz CT molecular complexity index is 1050. The first kappa shape index (κ1) is 14.2. The molecule has 2 aromatic carbocycles. The van der Waals surface area contributed by atoms with Crippen molar-refractivity contribution in [2.24, 2.45) is 5.10 Å². The van der Waals surface area contributed by atoms with E-state index in [1.54, 1.807) is 11.5 Å². The average Bonchev–Trinajstić information content (AvgIpc) is 2.75. The fraction of sp³-hybridized carbons (Fsp3) is 0.0556. The number of anilines is 1. The zero-order valence-electron chi connectivity index (χ0n) is 12.9. The van der Waals surface area contributed by atoms with Gasteiger partial charge in [0.25, 0.3) is 5.56 Å². The van der Waals surface area contributed by atoms with Crippen LogP contribution in [0.2, 0.25) is 0 Å². The van der Waals surface area contributed by atoms with Gasteiger partial charge in [-0.25, -0.2) is 10.2 Å². The number of hydrogen-bond donors (Lipinski definition) is 2. The Balaban J connectivity index is 2.20. The van der Waals surface area contributed by atoms with Crippen LogP contribution in [0.4, 0.5) is 10.5 Å². The van der Waals surface area contributed by atoms with Crippen LogP contribution in [0.25, 0.3) is 16.6 Å². The predicted octanol–water partition coefficient (Wildman–Crippen LogP) is 2.85. The summed E-state index contributed by atoms with van der Waals surface area (Å²) in [4.78, 5) is 25.1. The molecule has 0 aliphatic carbocycles. The summed E-state index contributed by atoms with van der Waals surface area (Å²) in [6.07, 6.45) is 0. The third kappa shape index (κ3) is 2.08. The van der Waals surface area contributed by atoms with Crippen molar-refractivity contribution in [3.8, 4) is 5.69 Å². The Hall–Kier alpha value is -3.41.